The zero-order chi connectivity index (χ0) is 21.4. The van der Waals surface area contributed by atoms with Crippen molar-refractivity contribution < 1.29 is 14.3 Å². The van der Waals surface area contributed by atoms with E-state index in [0.717, 1.165) is 5.82 Å². The van der Waals surface area contributed by atoms with Crippen molar-refractivity contribution in [2.45, 2.75) is 13.2 Å². The molecule has 0 saturated carbocycles. The Morgan fingerprint density at radius 1 is 1.10 bits per heavy atom. The number of ether oxygens (including phenoxy) is 2. The van der Waals surface area contributed by atoms with Gasteiger partial charge < -0.3 is 25.0 Å². The summed E-state index contributed by atoms with van der Waals surface area (Å²) in [5.41, 5.74) is 7.58. The zero-order valence-electron chi connectivity index (χ0n) is 17.1. The number of nitrogens with zero attached hydrogens (tertiary/aromatic N) is 8. The van der Waals surface area contributed by atoms with E-state index in [-0.39, 0.29) is 18.1 Å². The van der Waals surface area contributed by atoms with Crippen molar-refractivity contribution in [1.82, 2.24) is 34.4 Å². The first-order valence-corrected chi connectivity index (χ1v) is 10.1. The number of carbonyl (C=O) groups is 1. The summed E-state index contributed by atoms with van der Waals surface area (Å²) in [6.07, 6.45) is 4.51. The maximum atomic E-state index is 11.9. The summed E-state index contributed by atoms with van der Waals surface area (Å²) in [6.45, 7) is 5.65. The van der Waals surface area contributed by atoms with Crippen LogP contribution >= 0.6 is 0 Å². The molecule has 5 rings (SSSR count). The second-order valence-corrected chi connectivity index (χ2v) is 7.41. The lowest BCUT2D eigenvalue weighted by atomic mass is 10.3. The fourth-order valence-corrected chi connectivity index (χ4v) is 3.78. The average Bonchev–Trinajstić information content (AvgIpc) is 3.24. The van der Waals surface area contributed by atoms with E-state index in [4.69, 9.17) is 25.2 Å². The minimum atomic E-state index is -0.384. The van der Waals surface area contributed by atoms with Gasteiger partial charge in [-0.1, -0.05) is 0 Å². The normalized spacial score (nSPS) is 19.7. The molecule has 1 atom stereocenters. The minimum Gasteiger partial charge on any atom is -0.378 e. The Morgan fingerprint density at radius 2 is 1.87 bits per heavy atom. The summed E-state index contributed by atoms with van der Waals surface area (Å²) >= 11 is 0. The Kier molecular flexibility index (Phi) is 5.08. The molecule has 0 aliphatic carbocycles. The van der Waals surface area contributed by atoms with Gasteiger partial charge >= 0.3 is 0 Å². The molecule has 0 aromatic carbocycles. The number of morpholine rings is 2. The van der Waals surface area contributed by atoms with E-state index < -0.39 is 0 Å². The fraction of sp³-hybridized carbons (Fsp3) is 0.474. The Bertz CT molecular complexity index is 1090. The van der Waals surface area contributed by atoms with E-state index >= 15 is 0 Å². The number of rotatable bonds is 3. The summed E-state index contributed by atoms with van der Waals surface area (Å²) in [4.78, 5) is 38.1. The Balaban J connectivity index is 1.62. The second-order valence-electron chi connectivity index (χ2n) is 7.41. The summed E-state index contributed by atoms with van der Waals surface area (Å²) in [6, 6.07) is 0. The molecule has 2 fully saturated rings. The van der Waals surface area contributed by atoms with Gasteiger partial charge in [0, 0.05) is 39.0 Å². The molecular weight excluding hydrogens is 402 g/mol. The molecule has 12 nitrogen and oxygen atoms in total. The number of fused-ring (bicyclic) bond motifs is 1. The highest BCUT2D eigenvalue weighted by molar-refractivity contribution is 5.86. The molecular formula is C19H23N9O3. The van der Waals surface area contributed by atoms with Gasteiger partial charge in [0.1, 0.15) is 0 Å². The molecule has 0 radical (unpaired) electrons. The van der Waals surface area contributed by atoms with E-state index in [1.807, 2.05) is 4.57 Å². The van der Waals surface area contributed by atoms with Gasteiger partial charge in [0.25, 0.3) is 0 Å². The van der Waals surface area contributed by atoms with Gasteiger partial charge in [-0.15, -0.1) is 0 Å². The predicted octanol–water partition coefficient (Wildman–Crippen LogP) is 0.0794. The highest BCUT2D eigenvalue weighted by Gasteiger charge is 2.28. The number of nitrogen functional groups attached to an aromatic ring is 1. The van der Waals surface area contributed by atoms with Crippen LogP contribution in [0.3, 0.4) is 0 Å². The summed E-state index contributed by atoms with van der Waals surface area (Å²) in [5, 5.41) is 0. The van der Waals surface area contributed by atoms with Gasteiger partial charge in [-0.25, -0.2) is 24.9 Å². The molecule has 31 heavy (non-hydrogen) atoms. The molecule has 3 aromatic heterocycles. The maximum absolute atomic E-state index is 11.9. The molecule has 0 spiro atoms. The molecule has 2 aliphatic rings. The number of anilines is 2. The standard InChI is InChI=1S/C19H23N9O3/c1-12(29)27-4-7-31-14(10-27)28-11-23-15-17(26-2-5-30-6-3-26)24-16(25-18(15)28)13-8-21-19(20)22-9-13/h8-9,11,14H,2-7,10H2,1H3,(H2,20,21,22). The lowest BCUT2D eigenvalue weighted by Crippen LogP contribution is -2.42. The van der Waals surface area contributed by atoms with Crippen LogP contribution in [0.25, 0.3) is 22.6 Å². The second kappa shape index (κ2) is 8.04. The third-order valence-electron chi connectivity index (χ3n) is 5.45. The van der Waals surface area contributed by atoms with Gasteiger partial charge in [-0.3, -0.25) is 9.36 Å². The van der Waals surface area contributed by atoms with Crippen LogP contribution in [0.2, 0.25) is 0 Å². The topological polar surface area (TPSA) is 137 Å². The van der Waals surface area contributed by atoms with Crippen LogP contribution in [0.1, 0.15) is 13.2 Å². The molecule has 1 unspecified atom stereocenters. The molecule has 2 saturated heterocycles. The van der Waals surface area contributed by atoms with Crippen molar-refractivity contribution in [1.29, 1.82) is 0 Å². The Labute approximate surface area is 178 Å². The van der Waals surface area contributed by atoms with Gasteiger partial charge in [0.05, 0.1) is 38.3 Å². The Hall–Kier alpha value is -3.38. The van der Waals surface area contributed by atoms with Gasteiger partial charge in [0.2, 0.25) is 11.9 Å². The lowest BCUT2D eigenvalue weighted by Gasteiger charge is -2.33. The minimum absolute atomic E-state index is 0.0149. The van der Waals surface area contributed by atoms with Crippen LogP contribution in [-0.4, -0.2) is 86.3 Å². The quantitative estimate of drug-likeness (QED) is 0.614. The number of aromatic nitrogens is 6. The van der Waals surface area contributed by atoms with E-state index in [1.165, 1.54) is 0 Å². The van der Waals surface area contributed by atoms with Crippen molar-refractivity contribution >= 4 is 28.8 Å². The average molecular weight is 425 g/mol. The number of imidazole rings is 1. The van der Waals surface area contributed by atoms with Crippen molar-refractivity contribution in [2.75, 3.05) is 56.6 Å². The van der Waals surface area contributed by atoms with Crippen LogP contribution in [0.15, 0.2) is 18.7 Å². The zero-order valence-corrected chi connectivity index (χ0v) is 17.1. The van der Waals surface area contributed by atoms with Crippen LogP contribution in [-0.2, 0) is 14.3 Å². The van der Waals surface area contributed by atoms with Gasteiger partial charge in [0.15, 0.2) is 29.0 Å². The van der Waals surface area contributed by atoms with Crippen molar-refractivity contribution in [3.8, 4) is 11.4 Å². The smallest absolute Gasteiger partial charge is 0.219 e. The molecule has 1 amide bonds. The first kappa shape index (κ1) is 19.6. The third kappa shape index (κ3) is 3.75. The van der Waals surface area contributed by atoms with E-state index in [1.54, 1.807) is 30.5 Å². The maximum Gasteiger partial charge on any atom is 0.219 e. The number of hydrogen-bond acceptors (Lipinski definition) is 10. The van der Waals surface area contributed by atoms with Crippen molar-refractivity contribution in [3.63, 3.8) is 0 Å². The molecule has 162 valence electrons. The molecule has 0 bridgehead atoms. The van der Waals surface area contributed by atoms with Crippen molar-refractivity contribution in [3.05, 3.63) is 18.7 Å². The van der Waals surface area contributed by atoms with E-state index in [9.17, 15) is 4.79 Å². The number of carbonyl (C=O) groups excluding carboxylic acids is 1. The van der Waals surface area contributed by atoms with Gasteiger partial charge in [-0.2, -0.15) is 0 Å². The van der Waals surface area contributed by atoms with E-state index in [2.05, 4.69) is 19.9 Å². The van der Waals surface area contributed by atoms with Crippen LogP contribution in [0, 0.1) is 0 Å². The molecule has 5 heterocycles. The van der Waals surface area contributed by atoms with Crippen LogP contribution in [0.4, 0.5) is 11.8 Å². The lowest BCUT2D eigenvalue weighted by molar-refractivity contribution is -0.140. The summed E-state index contributed by atoms with van der Waals surface area (Å²) < 4.78 is 13.3. The monoisotopic (exact) mass is 425 g/mol. The first-order chi connectivity index (χ1) is 15.1. The molecule has 12 heteroatoms. The number of hydrogen-bond donors (Lipinski definition) is 1. The number of amides is 1. The van der Waals surface area contributed by atoms with Crippen molar-refractivity contribution in [2.24, 2.45) is 0 Å². The Morgan fingerprint density at radius 3 is 2.61 bits per heavy atom. The molecule has 2 N–H and O–H groups in total. The summed E-state index contributed by atoms with van der Waals surface area (Å²) in [5.74, 6) is 1.39. The molecule has 2 aliphatic heterocycles. The van der Waals surface area contributed by atoms with Crippen LogP contribution < -0.4 is 10.6 Å². The number of nitrogens with two attached hydrogens (primary N) is 1. The highest BCUT2D eigenvalue weighted by Crippen LogP contribution is 2.29. The summed E-state index contributed by atoms with van der Waals surface area (Å²) in [7, 11) is 0. The highest BCUT2D eigenvalue weighted by atomic mass is 16.5. The third-order valence-corrected chi connectivity index (χ3v) is 5.45. The van der Waals surface area contributed by atoms with Crippen LogP contribution in [0.5, 0.6) is 0 Å². The largest absolute Gasteiger partial charge is 0.378 e. The van der Waals surface area contributed by atoms with E-state index in [0.29, 0.717) is 68.6 Å². The fourth-order valence-electron chi connectivity index (χ4n) is 3.78. The SMILES string of the molecule is CC(=O)N1CCOC(n2cnc3c(N4CCOCC4)nc(-c4cnc(N)nc4)nc32)C1. The predicted molar refractivity (Wildman–Crippen MR) is 111 cm³/mol. The van der Waals surface area contributed by atoms with Gasteiger partial charge in [-0.05, 0) is 0 Å². The molecule has 3 aromatic rings. The first-order valence-electron chi connectivity index (χ1n) is 10.1.